The fourth-order valence-corrected chi connectivity index (χ4v) is 8.06. The zero-order valence-electron chi connectivity index (χ0n) is 16.6. The average molecular weight is 408 g/mol. The van der Waals surface area contributed by atoms with Crippen LogP contribution in [0.4, 0.5) is 0 Å². The Morgan fingerprint density at radius 1 is 1.03 bits per heavy atom. The van der Waals surface area contributed by atoms with E-state index < -0.39 is 70.5 Å². The summed E-state index contributed by atoms with van der Waals surface area (Å²) < 4.78 is 22.9. The number of fused-ring (bicyclic) bond motifs is 1. The average Bonchev–Trinajstić information content (AvgIpc) is 3.31. The number of rotatable bonds is 0. The number of ether oxygens (including phenoxy) is 4. The Balaban J connectivity index is 1.68. The molecule has 3 unspecified atom stereocenters. The van der Waals surface area contributed by atoms with Crippen molar-refractivity contribution in [3.05, 3.63) is 0 Å². The molecule has 6 rings (SSSR count). The molecule has 0 aromatic rings. The smallest absolute Gasteiger partial charge is 0.342 e. The standard InChI is InChI=1S/C20H24O9/c1-7-12(22)26-10-6-17-9-5-8(16(2,3)4)18(17)11(21)13(23)28-15(18)29-20(17,14(24)27-9)19(7,10)25/h7-11,15,21,25H,5-6H2,1-4H3/t7-,8?,9-,10+,11+,15+,17-,18?,19-,20?/m1/s1. The molecule has 2 aliphatic carbocycles. The number of aliphatic hydroxyl groups is 2. The monoisotopic (exact) mass is 408 g/mol. The third-order valence-corrected chi connectivity index (χ3v) is 8.97. The second-order valence-electron chi connectivity index (χ2n) is 10.6. The number of aliphatic hydroxyl groups excluding tert-OH is 1. The Kier molecular flexibility index (Phi) is 2.79. The van der Waals surface area contributed by atoms with E-state index in [1.807, 2.05) is 20.8 Å². The molecule has 0 aromatic carbocycles. The fraction of sp³-hybridized carbons (Fsp3) is 0.850. The van der Waals surface area contributed by atoms with Crippen molar-refractivity contribution in [2.75, 3.05) is 0 Å². The van der Waals surface area contributed by atoms with Gasteiger partial charge in [-0.1, -0.05) is 20.8 Å². The van der Waals surface area contributed by atoms with Crippen molar-refractivity contribution in [2.45, 2.75) is 76.3 Å². The minimum Gasteiger partial charge on any atom is -0.459 e. The topological polar surface area (TPSA) is 129 Å². The van der Waals surface area contributed by atoms with Gasteiger partial charge >= 0.3 is 17.9 Å². The van der Waals surface area contributed by atoms with E-state index in [0.717, 1.165) is 0 Å². The van der Waals surface area contributed by atoms with E-state index in [-0.39, 0.29) is 17.8 Å². The largest absolute Gasteiger partial charge is 0.459 e. The number of carbonyl (C=O) groups is 3. The maximum Gasteiger partial charge on any atom is 0.342 e. The quantitative estimate of drug-likeness (QED) is 0.408. The normalized spacial score (nSPS) is 59.2. The summed E-state index contributed by atoms with van der Waals surface area (Å²) in [6, 6.07) is 0. The van der Waals surface area contributed by atoms with E-state index in [0.29, 0.717) is 6.42 Å². The highest BCUT2D eigenvalue weighted by atomic mass is 16.8. The van der Waals surface area contributed by atoms with Crippen molar-refractivity contribution in [3.63, 3.8) is 0 Å². The van der Waals surface area contributed by atoms with E-state index in [1.54, 1.807) is 0 Å². The summed E-state index contributed by atoms with van der Waals surface area (Å²) in [6.45, 7) is 7.47. The van der Waals surface area contributed by atoms with Gasteiger partial charge in [-0.25, -0.2) is 9.59 Å². The van der Waals surface area contributed by atoms with Crippen LogP contribution in [0.15, 0.2) is 0 Å². The molecule has 6 fully saturated rings. The van der Waals surface area contributed by atoms with Crippen LogP contribution in [-0.4, -0.2) is 63.9 Å². The summed E-state index contributed by atoms with van der Waals surface area (Å²) in [7, 11) is 0. The highest BCUT2D eigenvalue weighted by Gasteiger charge is 3.01. The van der Waals surface area contributed by atoms with E-state index >= 15 is 0 Å². The Labute approximate surface area is 166 Å². The van der Waals surface area contributed by atoms with Gasteiger partial charge in [0.2, 0.25) is 11.9 Å². The van der Waals surface area contributed by atoms with Crippen LogP contribution < -0.4 is 0 Å². The van der Waals surface area contributed by atoms with Gasteiger partial charge in [0.05, 0.1) is 16.7 Å². The molecule has 4 saturated heterocycles. The number of hydrogen-bond donors (Lipinski definition) is 2. The lowest BCUT2D eigenvalue weighted by Gasteiger charge is -2.46. The molecule has 158 valence electrons. The fourth-order valence-electron chi connectivity index (χ4n) is 8.06. The molecule has 2 N–H and O–H groups in total. The van der Waals surface area contributed by atoms with Gasteiger partial charge in [-0.2, -0.15) is 0 Å². The van der Waals surface area contributed by atoms with Crippen LogP contribution in [0.25, 0.3) is 0 Å². The van der Waals surface area contributed by atoms with Crippen molar-refractivity contribution in [1.29, 1.82) is 0 Å². The lowest BCUT2D eigenvalue weighted by molar-refractivity contribution is -0.238. The van der Waals surface area contributed by atoms with Gasteiger partial charge in [0, 0.05) is 6.42 Å². The molecule has 6 aliphatic rings. The van der Waals surface area contributed by atoms with Gasteiger partial charge in [-0.15, -0.1) is 0 Å². The van der Waals surface area contributed by atoms with Gasteiger partial charge in [0.15, 0.2) is 11.7 Å². The van der Waals surface area contributed by atoms with Crippen LogP contribution >= 0.6 is 0 Å². The van der Waals surface area contributed by atoms with E-state index in [9.17, 15) is 24.6 Å². The first kappa shape index (κ1) is 18.1. The van der Waals surface area contributed by atoms with Crippen molar-refractivity contribution < 1.29 is 43.5 Å². The van der Waals surface area contributed by atoms with Crippen molar-refractivity contribution in [1.82, 2.24) is 0 Å². The van der Waals surface area contributed by atoms with E-state index in [4.69, 9.17) is 18.9 Å². The third kappa shape index (κ3) is 1.35. The minimum atomic E-state index is -1.97. The molecule has 9 nitrogen and oxygen atoms in total. The van der Waals surface area contributed by atoms with Crippen LogP contribution in [0.2, 0.25) is 0 Å². The molecule has 9 heteroatoms. The van der Waals surface area contributed by atoms with Gasteiger partial charge in [-0.05, 0) is 24.7 Å². The number of carbonyl (C=O) groups excluding carboxylic acids is 3. The van der Waals surface area contributed by atoms with Crippen molar-refractivity contribution >= 4 is 17.9 Å². The molecular formula is C20H24O9. The molecule has 2 saturated carbocycles. The summed E-state index contributed by atoms with van der Waals surface area (Å²) in [5.74, 6) is -3.52. The molecule has 29 heavy (non-hydrogen) atoms. The van der Waals surface area contributed by atoms with Gasteiger partial charge < -0.3 is 29.2 Å². The van der Waals surface area contributed by atoms with Gasteiger partial charge in [-0.3, -0.25) is 4.79 Å². The molecule has 0 aromatic heterocycles. The number of hydrogen-bond acceptors (Lipinski definition) is 9. The zero-order chi connectivity index (χ0) is 20.9. The molecule has 0 bridgehead atoms. The Bertz CT molecular complexity index is 893. The minimum absolute atomic E-state index is 0.0623. The van der Waals surface area contributed by atoms with Crippen LogP contribution in [0.3, 0.4) is 0 Å². The van der Waals surface area contributed by atoms with Crippen LogP contribution in [-0.2, 0) is 33.3 Å². The van der Waals surface area contributed by atoms with E-state index in [2.05, 4.69) is 0 Å². The molecular weight excluding hydrogens is 384 g/mol. The first-order chi connectivity index (χ1) is 13.4. The SMILES string of the molecule is C[C@@H]1C(=O)O[C@H]2C[C@@]34[C@H]5CC(C(C)(C)C)C36[C@@H](OC(=O)[C@@H]6O)OC4(C(=O)O5)[C@]21O. The second-order valence-corrected chi connectivity index (χ2v) is 10.6. The molecule has 4 heterocycles. The highest BCUT2D eigenvalue weighted by Crippen LogP contribution is 2.84. The Morgan fingerprint density at radius 2 is 1.72 bits per heavy atom. The predicted octanol–water partition coefficient (Wildman–Crippen LogP) is -0.340. The number of esters is 3. The zero-order valence-corrected chi connectivity index (χ0v) is 16.6. The molecule has 10 atom stereocenters. The predicted molar refractivity (Wildman–Crippen MR) is 90.6 cm³/mol. The van der Waals surface area contributed by atoms with Crippen LogP contribution in [0.1, 0.15) is 40.5 Å². The summed E-state index contributed by atoms with van der Waals surface area (Å²) in [5, 5.41) is 23.0. The Morgan fingerprint density at radius 3 is 2.38 bits per heavy atom. The lowest BCUT2D eigenvalue weighted by atomic mass is 9.51. The molecule has 0 amide bonds. The van der Waals surface area contributed by atoms with Gasteiger partial charge in [0.1, 0.15) is 12.2 Å². The van der Waals surface area contributed by atoms with E-state index in [1.165, 1.54) is 6.92 Å². The summed E-state index contributed by atoms with van der Waals surface area (Å²) >= 11 is 0. The van der Waals surface area contributed by atoms with Crippen molar-refractivity contribution in [3.8, 4) is 0 Å². The summed E-state index contributed by atoms with van der Waals surface area (Å²) in [6.07, 6.45) is -3.96. The molecule has 2 spiro atoms. The highest BCUT2D eigenvalue weighted by molar-refractivity contribution is 5.93. The first-order valence-electron chi connectivity index (χ1n) is 10.1. The summed E-state index contributed by atoms with van der Waals surface area (Å²) in [4.78, 5) is 38.1. The van der Waals surface area contributed by atoms with Crippen molar-refractivity contribution in [2.24, 2.45) is 28.1 Å². The molecule has 0 radical (unpaired) electrons. The lowest BCUT2D eigenvalue weighted by Crippen LogP contribution is -2.66. The third-order valence-electron chi connectivity index (χ3n) is 8.97. The maximum absolute atomic E-state index is 13.3. The summed E-state index contributed by atoms with van der Waals surface area (Å²) in [5.41, 5.74) is -6.81. The second kappa shape index (κ2) is 4.48. The van der Waals surface area contributed by atoms with Gasteiger partial charge in [0.25, 0.3) is 0 Å². The Hall–Kier alpha value is -1.71. The first-order valence-corrected chi connectivity index (χ1v) is 10.1. The maximum atomic E-state index is 13.3. The molecule has 4 aliphatic heterocycles. The van der Waals surface area contributed by atoms with Crippen LogP contribution in [0.5, 0.6) is 0 Å². The van der Waals surface area contributed by atoms with Crippen LogP contribution in [0, 0.1) is 28.1 Å².